The molecule has 0 aliphatic heterocycles. The third-order valence-electron chi connectivity index (χ3n) is 4.56. The van der Waals surface area contributed by atoms with Gasteiger partial charge in [-0.15, -0.1) is 0 Å². The lowest BCUT2D eigenvalue weighted by Gasteiger charge is -2.10. The molecule has 0 atom stereocenters. The number of para-hydroxylation sites is 1. The molecule has 0 fully saturated rings. The van der Waals surface area contributed by atoms with Crippen LogP contribution in [0.25, 0.3) is 6.08 Å². The van der Waals surface area contributed by atoms with Crippen molar-refractivity contribution in [3.8, 4) is 17.6 Å². The van der Waals surface area contributed by atoms with E-state index >= 15 is 0 Å². The van der Waals surface area contributed by atoms with Gasteiger partial charge in [-0.3, -0.25) is 9.59 Å². The Labute approximate surface area is 216 Å². The minimum atomic E-state index is -0.538. The number of halogens is 2. The van der Waals surface area contributed by atoms with Gasteiger partial charge in [-0.1, -0.05) is 29.8 Å². The SMILES string of the molecule is CCOc1ccc(NC(=O)/C(C#N)=C/c2ccc(OCC(=O)Nc3ccccc3Cl)c(Br)c2)cc1. The molecule has 2 N–H and O–H groups in total. The van der Waals surface area contributed by atoms with Crippen molar-refractivity contribution in [2.24, 2.45) is 0 Å². The zero-order valence-corrected chi connectivity index (χ0v) is 21.0. The van der Waals surface area contributed by atoms with E-state index < -0.39 is 5.91 Å². The molecule has 0 spiro atoms. The average Bonchev–Trinajstić information content (AvgIpc) is 2.84. The van der Waals surface area contributed by atoms with Crippen LogP contribution in [0.5, 0.6) is 11.5 Å². The number of ether oxygens (including phenoxy) is 2. The predicted octanol–water partition coefficient (Wildman–Crippen LogP) is 6.06. The summed E-state index contributed by atoms with van der Waals surface area (Å²) in [4.78, 5) is 24.7. The largest absolute Gasteiger partial charge is 0.494 e. The van der Waals surface area contributed by atoms with Crippen LogP contribution in [0.1, 0.15) is 12.5 Å². The fourth-order valence-electron chi connectivity index (χ4n) is 2.93. The molecular weight excluding hydrogens is 534 g/mol. The van der Waals surface area contributed by atoms with Crippen molar-refractivity contribution in [1.29, 1.82) is 5.26 Å². The van der Waals surface area contributed by atoms with Gasteiger partial charge in [-0.2, -0.15) is 5.26 Å². The van der Waals surface area contributed by atoms with Crippen LogP contribution in [0, 0.1) is 11.3 Å². The van der Waals surface area contributed by atoms with Crippen molar-refractivity contribution >= 4 is 56.8 Å². The first-order chi connectivity index (χ1) is 16.9. The maximum absolute atomic E-state index is 12.5. The second-order valence-electron chi connectivity index (χ2n) is 7.09. The van der Waals surface area contributed by atoms with Crippen LogP contribution >= 0.6 is 27.5 Å². The summed E-state index contributed by atoms with van der Waals surface area (Å²) in [5.41, 5.74) is 1.57. The predicted molar refractivity (Wildman–Crippen MR) is 140 cm³/mol. The Kier molecular flexibility index (Phi) is 9.30. The molecule has 9 heteroatoms. The number of nitriles is 1. The molecule has 0 saturated carbocycles. The van der Waals surface area contributed by atoms with Crippen molar-refractivity contribution in [2.45, 2.75) is 6.92 Å². The van der Waals surface area contributed by atoms with E-state index in [1.165, 1.54) is 6.08 Å². The van der Waals surface area contributed by atoms with Crippen LogP contribution in [0.3, 0.4) is 0 Å². The summed E-state index contributed by atoms with van der Waals surface area (Å²) in [5.74, 6) is 0.208. The Morgan fingerprint density at radius 3 is 2.46 bits per heavy atom. The number of benzene rings is 3. The third kappa shape index (κ3) is 7.60. The van der Waals surface area contributed by atoms with E-state index in [0.29, 0.717) is 44.5 Å². The number of rotatable bonds is 9. The van der Waals surface area contributed by atoms with Crippen molar-refractivity contribution in [2.75, 3.05) is 23.8 Å². The van der Waals surface area contributed by atoms with Gasteiger partial charge in [0, 0.05) is 5.69 Å². The zero-order chi connectivity index (χ0) is 25.2. The highest BCUT2D eigenvalue weighted by Gasteiger charge is 2.12. The molecule has 7 nitrogen and oxygen atoms in total. The topological polar surface area (TPSA) is 100 Å². The van der Waals surface area contributed by atoms with Gasteiger partial charge in [0.05, 0.1) is 21.8 Å². The van der Waals surface area contributed by atoms with Crippen LogP contribution in [-0.2, 0) is 9.59 Å². The van der Waals surface area contributed by atoms with Crippen LogP contribution in [0.15, 0.2) is 76.8 Å². The first kappa shape index (κ1) is 25.8. The summed E-state index contributed by atoms with van der Waals surface area (Å²) in [7, 11) is 0. The normalized spacial score (nSPS) is 10.7. The Morgan fingerprint density at radius 1 is 1.06 bits per heavy atom. The molecule has 0 heterocycles. The number of hydrogen-bond acceptors (Lipinski definition) is 5. The van der Waals surface area contributed by atoms with E-state index in [1.54, 1.807) is 66.7 Å². The van der Waals surface area contributed by atoms with E-state index in [1.807, 2.05) is 13.0 Å². The minimum Gasteiger partial charge on any atom is -0.494 e. The molecule has 0 bridgehead atoms. The lowest BCUT2D eigenvalue weighted by molar-refractivity contribution is -0.118. The summed E-state index contributed by atoms with van der Waals surface area (Å²) in [5, 5.41) is 15.3. The fraction of sp³-hybridized carbons (Fsp3) is 0.115. The highest BCUT2D eigenvalue weighted by Crippen LogP contribution is 2.27. The Bertz CT molecular complexity index is 1290. The van der Waals surface area contributed by atoms with Crippen molar-refractivity contribution in [1.82, 2.24) is 0 Å². The van der Waals surface area contributed by atoms with E-state index in [2.05, 4.69) is 26.6 Å². The first-order valence-corrected chi connectivity index (χ1v) is 11.7. The quantitative estimate of drug-likeness (QED) is 0.247. The van der Waals surface area contributed by atoms with Gasteiger partial charge in [0.2, 0.25) is 0 Å². The molecule has 3 rings (SSSR count). The second-order valence-corrected chi connectivity index (χ2v) is 8.35. The number of carbonyl (C=O) groups is 2. The molecule has 0 aliphatic carbocycles. The lowest BCUT2D eigenvalue weighted by Crippen LogP contribution is -2.20. The van der Waals surface area contributed by atoms with Gasteiger partial charge in [-0.05, 0) is 83.0 Å². The van der Waals surface area contributed by atoms with Crippen LogP contribution < -0.4 is 20.1 Å². The summed E-state index contributed by atoms with van der Waals surface area (Å²) < 4.78 is 11.5. The third-order valence-corrected chi connectivity index (χ3v) is 5.51. The molecule has 3 aromatic rings. The zero-order valence-electron chi connectivity index (χ0n) is 18.7. The lowest BCUT2D eigenvalue weighted by atomic mass is 10.1. The number of hydrogen-bond donors (Lipinski definition) is 2. The van der Waals surface area contributed by atoms with Gasteiger partial charge in [0.1, 0.15) is 23.1 Å². The summed E-state index contributed by atoms with van der Waals surface area (Å²) in [6.45, 7) is 2.20. The molecular formula is C26H21BrClN3O4. The van der Waals surface area contributed by atoms with Crippen molar-refractivity contribution < 1.29 is 19.1 Å². The number of carbonyl (C=O) groups excluding carboxylic acids is 2. The van der Waals surface area contributed by atoms with E-state index in [0.717, 1.165) is 0 Å². The molecule has 0 saturated heterocycles. The van der Waals surface area contributed by atoms with Gasteiger partial charge < -0.3 is 20.1 Å². The fourth-order valence-corrected chi connectivity index (χ4v) is 3.62. The molecule has 3 aromatic carbocycles. The van der Waals surface area contributed by atoms with Gasteiger partial charge in [-0.25, -0.2) is 0 Å². The van der Waals surface area contributed by atoms with Crippen LogP contribution in [0.4, 0.5) is 11.4 Å². The number of nitrogens with one attached hydrogen (secondary N) is 2. The van der Waals surface area contributed by atoms with Crippen LogP contribution in [0.2, 0.25) is 5.02 Å². The Hall–Kier alpha value is -3.80. The van der Waals surface area contributed by atoms with Gasteiger partial charge in [0.15, 0.2) is 6.61 Å². The molecule has 0 unspecified atom stereocenters. The molecule has 0 aliphatic rings. The maximum Gasteiger partial charge on any atom is 0.266 e. The minimum absolute atomic E-state index is 0.0708. The highest BCUT2D eigenvalue weighted by molar-refractivity contribution is 9.10. The number of amides is 2. The Balaban J connectivity index is 1.62. The van der Waals surface area contributed by atoms with Gasteiger partial charge >= 0.3 is 0 Å². The van der Waals surface area contributed by atoms with Crippen molar-refractivity contribution in [3.63, 3.8) is 0 Å². The summed E-state index contributed by atoms with van der Waals surface area (Å²) in [6, 6.07) is 20.7. The van der Waals surface area contributed by atoms with E-state index in [4.69, 9.17) is 21.1 Å². The number of nitrogens with zero attached hydrogens (tertiary/aromatic N) is 1. The Morgan fingerprint density at radius 2 is 1.80 bits per heavy atom. The summed E-state index contributed by atoms with van der Waals surface area (Å²) in [6.07, 6.45) is 1.46. The molecule has 35 heavy (non-hydrogen) atoms. The highest BCUT2D eigenvalue weighted by atomic mass is 79.9. The molecule has 2 amide bonds. The monoisotopic (exact) mass is 553 g/mol. The second kappa shape index (κ2) is 12.6. The van der Waals surface area contributed by atoms with Crippen LogP contribution in [-0.4, -0.2) is 25.0 Å². The van der Waals surface area contributed by atoms with E-state index in [-0.39, 0.29) is 18.1 Å². The average molecular weight is 555 g/mol. The number of anilines is 2. The summed E-state index contributed by atoms with van der Waals surface area (Å²) >= 11 is 9.44. The molecule has 0 aromatic heterocycles. The van der Waals surface area contributed by atoms with Crippen molar-refractivity contribution in [3.05, 3.63) is 87.4 Å². The smallest absolute Gasteiger partial charge is 0.266 e. The maximum atomic E-state index is 12.5. The van der Waals surface area contributed by atoms with E-state index in [9.17, 15) is 14.9 Å². The first-order valence-electron chi connectivity index (χ1n) is 10.5. The molecule has 178 valence electrons. The standard InChI is InChI=1S/C26H21BrClN3O4/c1-2-34-20-10-8-19(9-11-20)30-26(33)18(15-29)13-17-7-12-24(21(27)14-17)35-16-25(32)31-23-6-4-3-5-22(23)28/h3-14H,2,16H2,1H3,(H,30,33)(H,31,32)/b18-13+. The molecule has 0 radical (unpaired) electrons. The van der Waals surface area contributed by atoms with Gasteiger partial charge in [0.25, 0.3) is 11.8 Å².